The van der Waals surface area contributed by atoms with Crippen LogP contribution in [-0.4, -0.2) is 0 Å². The summed E-state index contributed by atoms with van der Waals surface area (Å²) in [5, 5.41) is 1.09. The van der Waals surface area contributed by atoms with E-state index in [1.165, 1.54) is 22.3 Å². The zero-order valence-corrected chi connectivity index (χ0v) is 21.9. The molecule has 2 heteroatoms. The van der Waals surface area contributed by atoms with Gasteiger partial charge < -0.3 is 9.32 Å². The molecule has 40 heavy (non-hydrogen) atoms. The minimum Gasteiger partial charge on any atom is -0.456 e. The minimum absolute atomic E-state index is 0.847. The van der Waals surface area contributed by atoms with E-state index in [4.69, 9.17) is 4.42 Å². The number of hydrogen-bond donors (Lipinski definition) is 0. The molecular weight excluding hydrogens is 486 g/mol. The third-order valence-corrected chi connectivity index (χ3v) is 7.26. The van der Waals surface area contributed by atoms with Crippen LogP contribution in [0, 0.1) is 0 Å². The van der Waals surface area contributed by atoms with Gasteiger partial charge >= 0.3 is 0 Å². The summed E-state index contributed by atoms with van der Waals surface area (Å²) < 4.78 is 6.38. The van der Waals surface area contributed by atoms with Crippen LogP contribution < -0.4 is 4.90 Å². The zero-order valence-electron chi connectivity index (χ0n) is 21.9. The second-order valence-electron chi connectivity index (χ2n) is 9.83. The highest BCUT2D eigenvalue weighted by Crippen LogP contribution is 2.43. The van der Waals surface area contributed by atoms with E-state index in [2.05, 4.69) is 150 Å². The lowest BCUT2D eigenvalue weighted by Gasteiger charge is -2.28. The van der Waals surface area contributed by atoms with E-state index >= 15 is 0 Å². The van der Waals surface area contributed by atoms with Gasteiger partial charge in [-0.15, -0.1) is 0 Å². The predicted molar refractivity (Wildman–Crippen MR) is 167 cm³/mol. The van der Waals surface area contributed by atoms with E-state index in [1.54, 1.807) is 0 Å². The molecule has 0 saturated carbocycles. The number of rotatable bonds is 6. The highest BCUT2D eigenvalue weighted by atomic mass is 16.3. The Morgan fingerprint density at radius 1 is 0.400 bits per heavy atom. The summed E-state index contributed by atoms with van der Waals surface area (Å²) in [6.45, 7) is 0. The minimum atomic E-state index is 0.847. The Labute approximate surface area is 234 Å². The normalized spacial score (nSPS) is 11.0. The first-order chi connectivity index (χ1) is 19.8. The molecule has 0 unspecified atom stereocenters. The average molecular weight is 514 g/mol. The first-order valence-corrected chi connectivity index (χ1v) is 13.5. The third-order valence-electron chi connectivity index (χ3n) is 7.26. The summed E-state index contributed by atoms with van der Waals surface area (Å²) in [7, 11) is 0. The Morgan fingerprint density at radius 3 is 1.55 bits per heavy atom. The van der Waals surface area contributed by atoms with Gasteiger partial charge in [-0.25, -0.2) is 0 Å². The SMILES string of the molecule is c1ccc(-c2cccc(N(c3cccc(-c4ccccc4)c3)c3ccccc3-c3cc4ccccc4o3)c2)cc1. The van der Waals surface area contributed by atoms with Gasteiger partial charge in [0.15, 0.2) is 0 Å². The van der Waals surface area contributed by atoms with Gasteiger partial charge in [0, 0.05) is 22.3 Å². The average Bonchev–Trinajstić information content (AvgIpc) is 3.47. The largest absolute Gasteiger partial charge is 0.456 e. The molecule has 0 aliphatic carbocycles. The van der Waals surface area contributed by atoms with Crippen molar-refractivity contribution in [3.05, 3.63) is 164 Å². The Bertz CT molecular complexity index is 1790. The van der Waals surface area contributed by atoms with Crippen molar-refractivity contribution in [3.8, 4) is 33.6 Å². The summed E-state index contributed by atoms with van der Waals surface area (Å²) in [6.07, 6.45) is 0. The maximum absolute atomic E-state index is 6.38. The van der Waals surface area contributed by atoms with Crippen LogP contribution in [0.1, 0.15) is 0 Å². The van der Waals surface area contributed by atoms with Crippen molar-refractivity contribution in [3.63, 3.8) is 0 Å². The quantitative estimate of drug-likeness (QED) is 0.220. The Kier molecular flexibility index (Phi) is 6.20. The fourth-order valence-corrected chi connectivity index (χ4v) is 5.33. The molecule has 0 amide bonds. The monoisotopic (exact) mass is 513 g/mol. The van der Waals surface area contributed by atoms with E-state index < -0.39 is 0 Å². The number of para-hydroxylation sites is 2. The summed E-state index contributed by atoms with van der Waals surface area (Å²) in [5.74, 6) is 0.847. The number of benzene rings is 6. The number of fused-ring (bicyclic) bond motifs is 1. The van der Waals surface area contributed by atoms with E-state index in [0.717, 1.165) is 39.4 Å². The molecule has 2 nitrogen and oxygen atoms in total. The molecule has 6 aromatic carbocycles. The molecule has 7 aromatic rings. The van der Waals surface area contributed by atoms with Crippen LogP contribution in [0.4, 0.5) is 17.1 Å². The van der Waals surface area contributed by atoms with Gasteiger partial charge in [-0.2, -0.15) is 0 Å². The fourth-order valence-electron chi connectivity index (χ4n) is 5.33. The van der Waals surface area contributed by atoms with Crippen molar-refractivity contribution in [1.29, 1.82) is 0 Å². The summed E-state index contributed by atoms with van der Waals surface area (Å²) >= 11 is 0. The molecule has 190 valence electrons. The molecule has 1 aromatic heterocycles. The maximum Gasteiger partial charge on any atom is 0.137 e. The predicted octanol–water partition coefficient (Wildman–Crippen LogP) is 10.9. The van der Waals surface area contributed by atoms with Crippen molar-refractivity contribution in [2.45, 2.75) is 0 Å². The van der Waals surface area contributed by atoms with Crippen molar-refractivity contribution >= 4 is 28.0 Å². The Morgan fingerprint density at radius 2 is 0.925 bits per heavy atom. The molecule has 0 radical (unpaired) electrons. The van der Waals surface area contributed by atoms with E-state index in [1.807, 2.05) is 18.2 Å². The molecule has 0 saturated heterocycles. The van der Waals surface area contributed by atoms with Gasteiger partial charge in [0.05, 0.1) is 5.69 Å². The summed E-state index contributed by atoms with van der Waals surface area (Å²) in [4.78, 5) is 2.33. The van der Waals surface area contributed by atoms with Gasteiger partial charge in [0.25, 0.3) is 0 Å². The third kappa shape index (κ3) is 4.57. The standard InChI is InChI=1S/C38H27NO/c1-3-13-28(14-4-1)30-18-11-20-33(25-30)39(34-21-12-19-31(26-34)29-15-5-2-6-16-29)36-23-9-8-22-35(36)38-27-32-17-7-10-24-37(32)40-38/h1-27H. The second kappa shape index (κ2) is 10.4. The van der Waals surface area contributed by atoms with Crippen LogP contribution in [-0.2, 0) is 0 Å². The molecule has 0 spiro atoms. The highest BCUT2D eigenvalue weighted by Gasteiger charge is 2.20. The molecular formula is C38H27NO. The molecule has 0 atom stereocenters. The number of hydrogen-bond acceptors (Lipinski definition) is 2. The second-order valence-corrected chi connectivity index (χ2v) is 9.83. The van der Waals surface area contributed by atoms with Gasteiger partial charge in [0.2, 0.25) is 0 Å². The van der Waals surface area contributed by atoms with Crippen LogP contribution in [0.15, 0.2) is 168 Å². The fraction of sp³-hybridized carbons (Fsp3) is 0. The molecule has 0 N–H and O–H groups in total. The molecule has 7 rings (SSSR count). The highest BCUT2D eigenvalue weighted by molar-refractivity contribution is 5.91. The maximum atomic E-state index is 6.38. The van der Waals surface area contributed by atoms with Crippen LogP contribution in [0.3, 0.4) is 0 Å². The van der Waals surface area contributed by atoms with Crippen LogP contribution in [0.5, 0.6) is 0 Å². The van der Waals surface area contributed by atoms with Gasteiger partial charge in [-0.1, -0.05) is 115 Å². The van der Waals surface area contributed by atoms with Crippen LogP contribution in [0.2, 0.25) is 0 Å². The zero-order chi connectivity index (χ0) is 26.7. The smallest absolute Gasteiger partial charge is 0.137 e. The lowest BCUT2D eigenvalue weighted by atomic mass is 10.0. The molecule has 1 heterocycles. The van der Waals surface area contributed by atoms with Crippen LogP contribution >= 0.6 is 0 Å². The van der Waals surface area contributed by atoms with Crippen molar-refractivity contribution in [2.75, 3.05) is 4.90 Å². The number of furan rings is 1. The Balaban J connectivity index is 1.43. The first-order valence-electron chi connectivity index (χ1n) is 13.5. The topological polar surface area (TPSA) is 16.4 Å². The lowest BCUT2D eigenvalue weighted by Crippen LogP contribution is -2.11. The molecule has 0 bridgehead atoms. The first kappa shape index (κ1) is 23.8. The van der Waals surface area contributed by atoms with Gasteiger partial charge in [-0.3, -0.25) is 0 Å². The van der Waals surface area contributed by atoms with Gasteiger partial charge in [-0.05, 0) is 70.8 Å². The van der Waals surface area contributed by atoms with E-state index in [-0.39, 0.29) is 0 Å². The number of anilines is 3. The van der Waals surface area contributed by atoms with E-state index in [0.29, 0.717) is 0 Å². The summed E-state index contributed by atoms with van der Waals surface area (Å²) in [6, 6.07) is 57.3. The van der Waals surface area contributed by atoms with Crippen molar-refractivity contribution in [2.24, 2.45) is 0 Å². The van der Waals surface area contributed by atoms with Gasteiger partial charge in [0.1, 0.15) is 11.3 Å². The summed E-state index contributed by atoms with van der Waals surface area (Å²) in [5.41, 5.74) is 9.85. The van der Waals surface area contributed by atoms with E-state index in [9.17, 15) is 0 Å². The Hall–Kier alpha value is -5.34. The molecule has 0 fully saturated rings. The van der Waals surface area contributed by atoms with Crippen LogP contribution in [0.25, 0.3) is 44.5 Å². The lowest BCUT2D eigenvalue weighted by molar-refractivity contribution is 0.631. The molecule has 0 aliphatic heterocycles. The molecule has 0 aliphatic rings. The van der Waals surface area contributed by atoms with Crippen molar-refractivity contribution in [1.82, 2.24) is 0 Å². The number of nitrogens with zero attached hydrogens (tertiary/aromatic N) is 1. The van der Waals surface area contributed by atoms with Crippen molar-refractivity contribution < 1.29 is 4.42 Å².